The molecule has 0 amide bonds. The molecule has 0 aliphatic carbocycles. The summed E-state index contributed by atoms with van der Waals surface area (Å²) in [6, 6.07) is 0. The van der Waals surface area contributed by atoms with Crippen molar-refractivity contribution in [2.45, 2.75) is 71.6 Å². The molecule has 1 fully saturated rings. The van der Waals surface area contributed by atoms with E-state index in [0.29, 0.717) is 0 Å². The second-order valence-electron chi connectivity index (χ2n) is 6.18. The largest absolute Gasteiger partial charge is 0.306 e. The van der Waals surface area contributed by atoms with Crippen molar-refractivity contribution in [3.05, 3.63) is 0 Å². The molecule has 0 radical (unpaired) electrons. The zero-order valence-electron chi connectivity index (χ0n) is 12.4. The van der Waals surface area contributed by atoms with E-state index in [-0.39, 0.29) is 0 Å². The molecule has 0 N–H and O–H groups in total. The SMILES string of the molecule is CCCCCCC(CCCC)CC1CN(C)C1. The van der Waals surface area contributed by atoms with Crippen LogP contribution >= 0.6 is 0 Å². The first kappa shape index (κ1) is 15.0. The topological polar surface area (TPSA) is 3.24 Å². The molecule has 0 aromatic heterocycles. The van der Waals surface area contributed by atoms with Crippen molar-refractivity contribution in [3.8, 4) is 0 Å². The molecule has 1 heteroatoms. The predicted octanol–water partition coefficient (Wildman–Crippen LogP) is 4.71. The van der Waals surface area contributed by atoms with Crippen LogP contribution in [0.25, 0.3) is 0 Å². The normalized spacial score (nSPS) is 19.2. The van der Waals surface area contributed by atoms with E-state index >= 15 is 0 Å². The molecule has 1 aliphatic rings. The van der Waals surface area contributed by atoms with Gasteiger partial charge in [-0.15, -0.1) is 0 Å². The molecule has 0 spiro atoms. The van der Waals surface area contributed by atoms with E-state index in [0.717, 1.165) is 11.8 Å². The third-order valence-electron chi connectivity index (χ3n) is 4.24. The lowest BCUT2D eigenvalue weighted by Crippen LogP contribution is -2.44. The lowest BCUT2D eigenvalue weighted by atomic mass is 9.83. The van der Waals surface area contributed by atoms with Crippen molar-refractivity contribution >= 4 is 0 Å². The van der Waals surface area contributed by atoms with Crippen LogP contribution in [0.4, 0.5) is 0 Å². The number of rotatable bonds is 10. The van der Waals surface area contributed by atoms with Gasteiger partial charge in [0.15, 0.2) is 0 Å². The molecule has 17 heavy (non-hydrogen) atoms. The highest BCUT2D eigenvalue weighted by molar-refractivity contribution is 4.79. The summed E-state index contributed by atoms with van der Waals surface area (Å²) >= 11 is 0. The molecular weight excluding hydrogens is 206 g/mol. The first-order valence-corrected chi connectivity index (χ1v) is 7.94. The zero-order valence-corrected chi connectivity index (χ0v) is 12.4. The molecule has 1 unspecified atom stereocenters. The molecule has 102 valence electrons. The van der Waals surface area contributed by atoms with E-state index in [4.69, 9.17) is 0 Å². The highest BCUT2D eigenvalue weighted by Crippen LogP contribution is 2.28. The summed E-state index contributed by atoms with van der Waals surface area (Å²) in [5.74, 6) is 2.05. The Morgan fingerprint density at radius 2 is 1.59 bits per heavy atom. The van der Waals surface area contributed by atoms with Gasteiger partial charge in [0.2, 0.25) is 0 Å². The average molecular weight is 239 g/mol. The Morgan fingerprint density at radius 1 is 0.941 bits per heavy atom. The Labute approximate surface area is 109 Å². The molecule has 1 nitrogen and oxygen atoms in total. The van der Waals surface area contributed by atoms with Gasteiger partial charge in [-0.05, 0) is 25.3 Å². The maximum absolute atomic E-state index is 2.46. The van der Waals surface area contributed by atoms with Gasteiger partial charge in [0.1, 0.15) is 0 Å². The van der Waals surface area contributed by atoms with Gasteiger partial charge in [0, 0.05) is 13.1 Å². The lowest BCUT2D eigenvalue weighted by Gasteiger charge is -2.38. The van der Waals surface area contributed by atoms with E-state index in [1.807, 2.05) is 0 Å². The molecule has 1 saturated heterocycles. The van der Waals surface area contributed by atoms with E-state index in [9.17, 15) is 0 Å². The Balaban J connectivity index is 2.12. The number of hydrogen-bond donors (Lipinski definition) is 0. The molecule has 0 aromatic rings. The van der Waals surface area contributed by atoms with Crippen LogP contribution in [-0.4, -0.2) is 25.0 Å². The van der Waals surface area contributed by atoms with E-state index < -0.39 is 0 Å². The Bertz CT molecular complexity index is 172. The van der Waals surface area contributed by atoms with Gasteiger partial charge < -0.3 is 4.90 Å². The minimum absolute atomic E-state index is 1.02. The Hall–Kier alpha value is -0.0400. The average Bonchev–Trinajstić information content (AvgIpc) is 2.28. The molecule has 0 aromatic carbocycles. The van der Waals surface area contributed by atoms with Gasteiger partial charge in [-0.3, -0.25) is 0 Å². The third-order valence-corrected chi connectivity index (χ3v) is 4.24. The van der Waals surface area contributed by atoms with Crippen LogP contribution in [-0.2, 0) is 0 Å². The third kappa shape index (κ3) is 6.45. The molecule has 1 atom stereocenters. The molecule has 1 heterocycles. The van der Waals surface area contributed by atoms with Crippen LogP contribution in [0.3, 0.4) is 0 Å². The molecule has 0 saturated carbocycles. The first-order valence-electron chi connectivity index (χ1n) is 7.94. The minimum Gasteiger partial charge on any atom is -0.306 e. The fourth-order valence-electron chi connectivity index (χ4n) is 3.18. The van der Waals surface area contributed by atoms with E-state index in [1.54, 1.807) is 0 Å². The summed E-state index contributed by atoms with van der Waals surface area (Å²) < 4.78 is 0. The van der Waals surface area contributed by atoms with Crippen molar-refractivity contribution in [3.63, 3.8) is 0 Å². The zero-order chi connectivity index (χ0) is 12.5. The van der Waals surface area contributed by atoms with Crippen molar-refractivity contribution in [2.24, 2.45) is 11.8 Å². The summed E-state index contributed by atoms with van der Waals surface area (Å²) in [6.45, 7) is 7.35. The van der Waals surface area contributed by atoms with Gasteiger partial charge in [-0.2, -0.15) is 0 Å². The van der Waals surface area contributed by atoms with Gasteiger partial charge in [-0.1, -0.05) is 65.2 Å². The van der Waals surface area contributed by atoms with Crippen LogP contribution < -0.4 is 0 Å². The maximum Gasteiger partial charge on any atom is 0.00191 e. The molecule has 0 bridgehead atoms. The second-order valence-corrected chi connectivity index (χ2v) is 6.18. The summed E-state index contributed by atoms with van der Waals surface area (Å²) in [4.78, 5) is 2.46. The smallest absolute Gasteiger partial charge is 0.00191 e. The minimum atomic E-state index is 1.02. The summed E-state index contributed by atoms with van der Waals surface area (Å²) in [5, 5.41) is 0. The Morgan fingerprint density at radius 3 is 2.18 bits per heavy atom. The number of unbranched alkanes of at least 4 members (excludes halogenated alkanes) is 4. The van der Waals surface area contributed by atoms with Crippen molar-refractivity contribution < 1.29 is 0 Å². The van der Waals surface area contributed by atoms with Crippen LogP contribution in [0.1, 0.15) is 71.6 Å². The number of likely N-dealkylation sites (tertiary alicyclic amines) is 1. The van der Waals surface area contributed by atoms with E-state index in [2.05, 4.69) is 25.8 Å². The monoisotopic (exact) mass is 239 g/mol. The molecule has 1 rings (SSSR count). The van der Waals surface area contributed by atoms with Crippen molar-refractivity contribution in [2.75, 3.05) is 20.1 Å². The highest BCUT2D eigenvalue weighted by Gasteiger charge is 2.25. The second kappa shape index (κ2) is 8.97. The molecular formula is C16H33N. The summed E-state index contributed by atoms with van der Waals surface area (Å²) in [5.41, 5.74) is 0. The predicted molar refractivity (Wildman–Crippen MR) is 77.4 cm³/mol. The summed E-state index contributed by atoms with van der Waals surface area (Å²) in [7, 11) is 2.25. The van der Waals surface area contributed by atoms with Crippen LogP contribution in [0.15, 0.2) is 0 Å². The number of nitrogens with zero attached hydrogens (tertiary/aromatic N) is 1. The molecule has 1 aliphatic heterocycles. The van der Waals surface area contributed by atoms with Gasteiger partial charge >= 0.3 is 0 Å². The fraction of sp³-hybridized carbons (Fsp3) is 1.00. The maximum atomic E-state index is 2.46. The van der Waals surface area contributed by atoms with Crippen molar-refractivity contribution in [1.82, 2.24) is 4.90 Å². The quantitative estimate of drug-likeness (QED) is 0.499. The van der Waals surface area contributed by atoms with Crippen LogP contribution in [0, 0.1) is 11.8 Å². The standard InChI is InChI=1S/C16H33N/c1-4-6-8-9-11-15(10-7-5-2)12-16-13-17(3)14-16/h15-16H,4-14H2,1-3H3. The number of hydrogen-bond acceptors (Lipinski definition) is 1. The lowest BCUT2D eigenvalue weighted by molar-refractivity contribution is 0.106. The van der Waals surface area contributed by atoms with Gasteiger partial charge in [0.25, 0.3) is 0 Å². The van der Waals surface area contributed by atoms with Crippen LogP contribution in [0.5, 0.6) is 0 Å². The van der Waals surface area contributed by atoms with E-state index in [1.165, 1.54) is 70.9 Å². The van der Waals surface area contributed by atoms with Crippen molar-refractivity contribution in [1.29, 1.82) is 0 Å². The van der Waals surface area contributed by atoms with Gasteiger partial charge in [-0.25, -0.2) is 0 Å². The highest BCUT2D eigenvalue weighted by atomic mass is 15.2. The Kier molecular flexibility index (Phi) is 7.92. The fourth-order valence-corrected chi connectivity index (χ4v) is 3.18. The first-order chi connectivity index (χ1) is 8.26. The van der Waals surface area contributed by atoms with Gasteiger partial charge in [0.05, 0.1) is 0 Å². The summed E-state index contributed by atoms with van der Waals surface area (Å²) in [6.07, 6.45) is 13.1. The van der Waals surface area contributed by atoms with Crippen LogP contribution in [0.2, 0.25) is 0 Å².